The van der Waals surface area contributed by atoms with Gasteiger partial charge < -0.3 is 26.6 Å². The molecule has 3 atom stereocenters. The van der Waals surface area contributed by atoms with Crippen molar-refractivity contribution in [1.82, 2.24) is 20.1 Å². The van der Waals surface area contributed by atoms with Gasteiger partial charge in [-0.15, -0.1) is 0 Å². The van der Waals surface area contributed by atoms with Crippen LogP contribution in [0.4, 0.5) is 5.82 Å². The molecule has 0 spiro atoms. The molecule has 0 radical (unpaired) electrons. The average molecular weight is 563 g/mol. The lowest BCUT2D eigenvalue weighted by molar-refractivity contribution is -0.139. The Kier molecular flexibility index (Phi) is 9.19. The van der Waals surface area contributed by atoms with Crippen LogP contribution in [0.25, 0.3) is 10.8 Å². The number of anilines is 1. The second kappa shape index (κ2) is 13.0. The van der Waals surface area contributed by atoms with Crippen molar-refractivity contribution in [3.8, 4) is 0 Å². The second-order valence-electron chi connectivity index (χ2n) is 11.2. The van der Waals surface area contributed by atoms with Gasteiger partial charge in [0.25, 0.3) is 0 Å². The van der Waals surface area contributed by atoms with Crippen molar-refractivity contribution in [2.45, 2.75) is 57.2 Å². The van der Waals surface area contributed by atoms with Gasteiger partial charge in [0.2, 0.25) is 11.8 Å². The molecule has 3 heterocycles. The molecule has 2 aromatic carbocycles. The van der Waals surface area contributed by atoms with E-state index in [1.807, 2.05) is 48.5 Å². The fourth-order valence-corrected chi connectivity index (χ4v) is 6.32. The first-order chi connectivity index (χ1) is 19.4. The molecule has 5 N–H and O–H groups in total. The number of halogens is 1. The number of carbonyl (C=O) groups excluding carboxylic acids is 2. The summed E-state index contributed by atoms with van der Waals surface area (Å²) in [6.45, 7) is 4.09. The summed E-state index contributed by atoms with van der Waals surface area (Å²) in [5, 5.41) is 5.61. The maximum atomic E-state index is 13.6. The van der Waals surface area contributed by atoms with E-state index in [1.165, 1.54) is 12.8 Å². The van der Waals surface area contributed by atoms with Crippen LogP contribution in [0, 0.1) is 5.92 Å². The minimum Gasteiger partial charge on any atom is -0.383 e. The minimum absolute atomic E-state index is 0.135. The van der Waals surface area contributed by atoms with Crippen LogP contribution >= 0.6 is 11.6 Å². The van der Waals surface area contributed by atoms with Crippen LogP contribution in [0.5, 0.6) is 0 Å². The predicted molar refractivity (Wildman–Crippen MR) is 160 cm³/mol. The Morgan fingerprint density at radius 2 is 1.93 bits per heavy atom. The molecule has 1 aromatic heterocycles. The number of nitrogens with zero attached hydrogens (tertiary/aromatic N) is 3. The number of pyridine rings is 1. The van der Waals surface area contributed by atoms with Crippen LogP contribution in [-0.4, -0.2) is 64.9 Å². The maximum Gasteiger partial charge on any atom is 0.243 e. The van der Waals surface area contributed by atoms with Crippen molar-refractivity contribution >= 4 is 40.0 Å². The molecule has 3 aromatic rings. The molecule has 2 aliphatic heterocycles. The van der Waals surface area contributed by atoms with E-state index in [1.54, 1.807) is 11.1 Å². The molecule has 2 saturated heterocycles. The first-order valence-electron chi connectivity index (χ1n) is 14.3. The molecule has 2 aliphatic rings. The SMILES string of the molecule is Nc1nccc2cc(CNC(=O)C3CC(Cc4cccc(Cl)c4)CN3C(=O)C(N)CCCN3CCCC3)ccc12. The largest absolute Gasteiger partial charge is 0.383 e. The monoisotopic (exact) mass is 562 g/mol. The zero-order valence-electron chi connectivity index (χ0n) is 22.9. The van der Waals surface area contributed by atoms with Gasteiger partial charge in [0.05, 0.1) is 6.04 Å². The third kappa shape index (κ3) is 6.92. The van der Waals surface area contributed by atoms with Crippen LogP contribution in [0.15, 0.2) is 54.7 Å². The second-order valence-corrected chi connectivity index (χ2v) is 11.6. The first kappa shape index (κ1) is 28.3. The third-order valence-corrected chi connectivity index (χ3v) is 8.45. The summed E-state index contributed by atoms with van der Waals surface area (Å²) in [6.07, 6.45) is 7.00. The van der Waals surface area contributed by atoms with E-state index in [4.69, 9.17) is 23.1 Å². The quantitative estimate of drug-likeness (QED) is 0.346. The number of rotatable bonds is 10. The summed E-state index contributed by atoms with van der Waals surface area (Å²) in [5.74, 6) is 0.339. The lowest BCUT2D eigenvalue weighted by atomic mass is 9.96. The molecule has 3 unspecified atom stereocenters. The molecule has 212 valence electrons. The van der Waals surface area contributed by atoms with E-state index in [0.29, 0.717) is 36.8 Å². The number of hydrogen-bond donors (Lipinski definition) is 3. The summed E-state index contributed by atoms with van der Waals surface area (Å²) >= 11 is 6.21. The van der Waals surface area contributed by atoms with Crippen LogP contribution < -0.4 is 16.8 Å². The Morgan fingerprint density at radius 3 is 2.73 bits per heavy atom. The van der Waals surface area contributed by atoms with E-state index in [0.717, 1.165) is 54.4 Å². The van der Waals surface area contributed by atoms with Gasteiger partial charge in [-0.1, -0.05) is 35.9 Å². The van der Waals surface area contributed by atoms with E-state index in [2.05, 4.69) is 15.2 Å². The number of nitrogens with two attached hydrogens (primary N) is 2. The lowest BCUT2D eigenvalue weighted by Gasteiger charge is -2.27. The highest BCUT2D eigenvalue weighted by atomic mass is 35.5. The number of carbonyl (C=O) groups is 2. The minimum atomic E-state index is -0.609. The van der Waals surface area contributed by atoms with Crippen molar-refractivity contribution in [3.05, 3.63) is 70.9 Å². The van der Waals surface area contributed by atoms with Crippen molar-refractivity contribution in [3.63, 3.8) is 0 Å². The van der Waals surface area contributed by atoms with E-state index in [-0.39, 0.29) is 17.7 Å². The molecule has 9 heteroatoms. The van der Waals surface area contributed by atoms with Gasteiger partial charge in [0, 0.05) is 29.7 Å². The molecule has 40 heavy (non-hydrogen) atoms. The summed E-state index contributed by atoms with van der Waals surface area (Å²) in [7, 11) is 0. The van der Waals surface area contributed by atoms with E-state index >= 15 is 0 Å². The number of benzene rings is 2. The highest BCUT2D eigenvalue weighted by molar-refractivity contribution is 6.30. The summed E-state index contributed by atoms with van der Waals surface area (Å²) < 4.78 is 0. The van der Waals surface area contributed by atoms with E-state index < -0.39 is 12.1 Å². The third-order valence-electron chi connectivity index (χ3n) is 8.22. The van der Waals surface area contributed by atoms with Crippen molar-refractivity contribution in [1.29, 1.82) is 0 Å². The van der Waals surface area contributed by atoms with Gasteiger partial charge in [-0.25, -0.2) is 4.98 Å². The highest BCUT2D eigenvalue weighted by Gasteiger charge is 2.40. The van der Waals surface area contributed by atoms with Crippen LogP contribution in [0.1, 0.15) is 43.2 Å². The molecule has 0 bridgehead atoms. The van der Waals surface area contributed by atoms with Crippen molar-refractivity contribution in [2.75, 3.05) is 31.9 Å². The number of nitrogens with one attached hydrogen (secondary N) is 1. The average Bonchev–Trinajstić information content (AvgIpc) is 3.62. The molecule has 5 rings (SSSR count). The first-order valence-corrected chi connectivity index (χ1v) is 14.7. The Labute approximate surface area is 241 Å². The van der Waals surface area contributed by atoms with Gasteiger partial charge in [0.1, 0.15) is 11.9 Å². The fourth-order valence-electron chi connectivity index (χ4n) is 6.11. The number of amides is 2. The Balaban J connectivity index is 1.25. The molecular formula is C31H39ClN6O2. The Bertz CT molecular complexity index is 1340. The number of aromatic nitrogens is 1. The maximum absolute atomic E-state index is 13.6. The fraction of sp³-hybridized carbons (Fsp3) is 0.452. The van der Waals surface area contributed by atoms with Gasteiger partial charge in [0.15, 0.2) is 0 Å². The summed E-state index contributed by atoms with van der Waals surface area (Å²) in [5.41, 5.74) is 14.5. The Hall–Kier alpha value is -3.20. The number of fused-ring (bicyclic) bond motifs is 1. The van der Waals surface area contributed by atoms with Crippen molar-refractivity contribution in [2.24, 2.45) is 11.7 Å². The smallest absolute Gasteiger partial charge is 0.243 e. The summed E-state index contributed by atoms with van der Waals surface area (Å²) in [4.78, 5) is 35.4. The zero-order chi connectivity index (χ0) is 28.1. The van der Waals surface area contributed by atoms with Crippen LogP contribution in [0.2, 0.25) is 5.02 Å². The number of hydrogen-bond acceptors (Lipinski definition) is 6. The lowest BCUT2D eigenvalue weighted by Crippen LogP contribution is -2.51. The summed E-state index contributed by atoms with van der Waals surface area (Å²) in [6, 6.07) is 14.4. The zero-order valence-corrected chi connectivity index (χ0v) is 23.7. The molecule has 2 fully saturated rings. The van der Waals surface area contributed by atoms with Crippen molar-refractivity contribution < 1.29 is 9.59 Å². The van der Waals surface area contributed by atoms with Gasteiger partial charge in [-0.05, 0) is 105 Å². The number of likely N-dealkylation sites (tertiary alicyclic amines) is 2. The number of nitrogen functional groups attached to an aromatic ring is 1. The van der Waals surface area contributed by atoms with Gasteiger partial charge in [-0.3, -0.25) is 9.59 Å². The predicted octanol–water partition coefficient (Wildman–Crippen LogP) is 3.75. The molecule has 0 aliphatic carbocycles. The Morgan fingerprint density at radius 1 is 1.10 bits per heavy atom. The molecule has 0 saturated carbocycles. The standard InChI is InChI=1S/C31H39ClN6O2/c32-25-6-3-5-21(17-25)15-23-18-28(38(20-23)31(40)27(33)7-4-14-37-12-1-2-13-37)30(39)36-19-22-8-9-26-24(16-22)10-11-35-29(26)34/h3,5-6,8-11,16-17,23,27-28H,1-2,4,7,12-15,18-20,33H2,(H2,34,35)(H,36,39). The van der Waals surface area contributed by atoms with E-state index in [9.17, 15) is 9.59 Å². The normalized spacial score (nSPS) is 20.2. The topological polar surface area (TPSA) is 118 Å². The molecule has 2 amide bonds. The highest BCUT2D eigenvalue weighted by Crippen LogP contribution is 2.29. The van der Waals surface area contributed by atoms with Gasteiger partial charge in [-0.2, -0.15) is 0 Å². The molecular weight excluding hydrogens is 524 g/mol. The van der Waals surface area contributed by atoms with Crippen LogP contribution in [0.3, 0.4) is 0 Å². The van der Waals surface area contributed by atoms with Gasteiger partial charge >= 0.3 is 0 Å². The van der Waals surface area contributed by atoms with Crippen LogP contribution in [-0.2, 0) is 22.6 Å². The molecule has 8 nitrogen and oxygen atoms in total.